The Morgan fingerprint density at radius 2 is 1.93 bits per heavy atom. The molecule has 3 rings (SSSR count). The van der Waals surface area contributed by atoms with Crippen molar-refractivity contribution >= 4 is 44.6 Å². The van der Waals surface area contributed by atoms with Gasteiger partial charge in [-0.15, -0.1) is 11.3 Å². The summed E-state index contributed by atoms with van der Waals surface area (Å²) in [6.07, 6.45) is 1.79. The Kier molecular flexibility index (Phi) is 6.47. The molecule has 0 bridgehead atoms. The number of thiazole rings is 1. The summed E-state index contributed by atoms with van der Waals surface area (Å²) in [5.74, 6) is 1.47. The van der Waals surface area contributed by atoms with E-state index in [4.69, 9.17) is 21.7 Å². The predicted octanol–water partition coefficient (Wildman–Crippen LogP) is 4.41. The van der Waals surface area contributed by atoms with Gasteiger partial charge in [0.1, 0.15) is 0 Å². The zero-order chi connectivity index (χ0) is 19.2. The van der Waals surface area contributed by atoms with Crippen LogP contribution in [0.4, 0.5) is 5.69 Å². The number of rotatable bonds is 7. The number of nitrogens with zero attached hydrogens (tertiary/aromatic N) is 1. The zero-order valence-corrected chi connectivity index (χ0v) is 17.3. The highest BCUT2D eigenvalue weighted by molar-refractivity contribution is 7.80. The van der Waals surface area contributed by atoms with Gasteiger partial charge in [-0.3, -0.25) is 0 Å². The Morgan fingerprint density at radius 1 is 1.11 bits per heavy atom. The van der Waals surface area contributed by atoms with Gasteiger partial charge in [0.05, 0.1) is 29.4 Å². The van der Waals surface area contributed by atoms with Crippen molar-refractivity contribution in [2.24, 2.45) is 0 Å². The third-order valence-electron chi connectivity index (χ3n) is 4.14. The highest BCUT2D eigenvalue weighted by Crippen LogP contribution is 2.28. The van der Waals surface area contributed by atoms with Crippen LogP contribution < -0.4 is 20.1 Å². The fourth-order valence-corrected chi connectivity index (χ4v) is 3.90. The lowest BCUT2D eigenvalue weighted by molar-refractivity contribution is 0.354. The maximum Gasteiger partial charge on any atom is 0.170 e. The lowest BCUT2D eigenvalue weighted by atomic mass is 10.1. The molecule has 0 saturated heterocycles. The Bertz CT molecular complexity index is 940. The average molecular weight is 402 g/mol. The van der Waals surface area contributed by atoms with E-state index in [1.807, 2.05) is 30.3 Å². The second-order valence-electron chi connectivity index (χ2n) is 5.96. The first-order chi connectivity index (χ1) is 13.1. The molecule has 142 valence electrons. The second kappa shape index (κ2) is 9.01. The molecule has 7 heteroatoms. The molecule has 0 unspecified atom stereocenters. The molecule has 5 nitrogen and oxygen atoms in total. The summed E-state index contributed by atoms with van der Waals surface area (Å²) in [5, 5.41) is 8.25. The van der Waals surface area contributed by atoms with E-state index < -0.39 is 0 Å². The molecule has 1 heterocycles. The van der Waals surface area contributed by atoms with Crippen molar-refractivity contribution in [1.29, 1.82) is 0 Å². The molecule has 0 aliphatic rings. The molecule has 0 saturated carbocycles. The summed E-state index contributed by atoms with van der Waals surface area (Å²) in [6, 6.07) is 12.1. The lowest BCUT2D eigenvalue weighted by Crippen LogP contribution is -2.30. The number of hydrogen-bond acceptors (Lipinski definition) is 5. The number of ether oxygens (including phenoxy) is 2. The number of aromatic nitrogens is 1. The van der Waals surface area contributed by atoms with E-state index in [9.17, 15) is 0 Å². The number of aryl methyl sites for hydroxylation is 1. The molecule has 0 fully saturated rings. The normalized spacial score (nSPS) is 10.6. The summed E-state index contributed by atoms with van der Waals surface area (Å²) >= 11 is 7.13. The fraction of sp³-hybridized carbons (Fsp3) is 0.300. The third-order valence-corrected chi connectivity index (χ3v) is 5.55. The van der Waals surface area contributed by atoms with Crippen LogP contribution in [0.15, 0.2) is 36.4 Å². The number of benzene rings is 2. The first-order valence-corrected chi connectivity index (χ1v) is 10.0. The minimum absolute atomic E-state index is 0.607. The molecule has 0 aliphatic carbocycles. The number of hydrogen-bond donors (Lipinski definition) is 2. The zero-order valence-electron chi connectivity index (χ0n) is 15.7. The second-order valence-corrected chi connectivity index (χ2v) is 7.49. The summed E-state index contributed by atoms with van der Waals surface area (Å²) in [6.45, 7) is 2.85. The maximum atomic E-state index is 5.41. The van der Waals surface area contributed by atoms with Gasteiger partial charge in [0.2, 0.25) is 0 Å². The van der Waals surface area contributed by atoms with Crippen molar-refractivity contribution in [2.45, 2.75) is 19.8 Å². The number of nitrogens with one attached hydrogen (secondary N) is 2. The van der Waals surface area contributed by atoms with Crippen molar-refractivity contribution in [2.75, 3.05) is 26.1 Å². The number of anilines is 1. The van der Waals surface area contributed by atoms with Gasteiger partial charge in [0, 0.05) is 12.2 Å². The first kappa shape index (κ1) is 19.4. The Labute approximate surface area is 168 Å². The smallest absolute Gasteiger partial charge is 0.170 e. The van der Waals surface area contributed by atoms with E-state index in [1.54, 1.807) is 25.6 Å². The summed E-state index contributed by atoms with van der Waals surface area (Å²) < 4.78 is 11.8. The van der Waals surface area contributed by atoms with Crippen LogP contribution in [-0.2, 0) is 12.8 Å². The molecule has 27 heavy (non-hydrogen) atoms. The highest BCUT2D eigenvalue weighted by Gasteiger charge is 2.06. The first-order valence-electron chi connectivity index (χ1n) is 8.78. The van der Waals surface area contributed by atoms with Crippen molar-refractivity contribution in [3.63, 3.8) is 0 Å². The van der Waals surface area contributed by atoms with E-state index in [-0.39, 0.29) is 0 Å². The molecule has 2 aromatic carbocycles. The third kappa shape index (κ3) is 4.87. The van der Waals surface area contributed by atoms with Crippen LogP contribution in [0.5, 0.6) is 11.5 Å². The van der Waals surface area contributed by atoms with Crippen LogP contribution in [0.2, 0.25) is 0 Å². The number of methoxy groups -OCH3 is 2. The largest absolute Gasteiger partial charge is 0.493 e. The summed E-state index contributed by atoms with van der Waals surface area (Å²) in [5.41, 5.74) is 3.16. The van der Waals surface area contributed by atoms with Crippen molar-refractivity contribution in [3.05, 3.63) is 47.0 Å². The number of thiocarbonyl (C=S) groups is 1. The van der Waals surface area contributed by atoms with Gasteiger partial charge in [-0.25, -0.2) is 4.98 Å². The molecular weight excluding hydrogens is 378 g/mol. The Hall–Kier alpha value is -2.38. The predicted molar refractivity (Wildman–Crippen MR) is 116 cm³/mol. The number of fused-ring (bicyclic) bond motifs is 1. The Balaban J connectivity index is 1.54. The SMILES string of the molecule is CCc1nc2ccc(NC(=S)NCCc3ccc(OC)c(OC)c3)cc2s1. The molecule has 0 aliphatic heterocycles. The van der Waals surface area contributed by atoms with Crippen LogP contribution in [0, 0.1) is 0 Å². The van der Waals surface area contributed by atoms with Gasteiger partial charge in [-0.1, -0.05) is 13.0 Å². The minimum Gasteiger partial charge on any atom is -0.493 e. The molecule has 2 N–H and O–H groups in total. The molecule has 0 amide bonds. The van der Waals surface area contributed by atoms with Crippen LogP contribution in [0.25, 0.3) is 10.2 Å². The van der Waals surface area contributed by atoms with E-state index in [0.29, 0.717) is 5.11 Å². The monoisotopic (exact) mass is 401 g/mol. The van der Waals surface area contributed by atoms with Crippen LogP contribution >= 0.6 is 23.6 Å². The van der Waals surface area contributed by atoms with E-state index >= 15 is 0 Å². The topological polar surface area (TPSA) is 55.4 Å². The molecule has 0 spiro atoms. The standard InChI is InChI=1S/C20H23N3O2S2/c1-4-19-23-15-7-6-14(12-18(15)27-19)22-20(26)21-10-9-13-5-8-16(24-2)17(11-13)25-3/h5-8,11-12H,4,9-10H2,1-3H3,(H2,21,22,26). The van der Waals surface area contributed by atoms with E-state index in [1.165, 1.54) is 4.70 Å². The van der Waals surface area contributed by atoms with Crippen LogP contribution in [-0.4, -0.2) is 30.9 Å². The lowest BCUT2D eigenvalue weighted by Gasteiger charge is -2.12. The minimum atomic E-state index is 0.607. The van der Waals surface area contributed by atoms with Crippen molar-refractivity contribution < 1.29 is 9.47 Å². The van der Waals surface area contributed by atoms with Gasteiger partial charge in [-0.05, 0) is 61.0 Å². The highest BCUT2D eigenvalue weighted by atomic mass is 32.1. The quantitative estimate of drug-likeness (QED) is 0.572. The van der Waals surface area contributed by atoms with Gasteiger partial charge < -0.3 is 20.1 Å². The fourth-order valence-electron chi connectivity index (χ4n) is 2.73. The van der Waals surface area contributed by atoms with E-state index in [2.05, 4.69) is 28.6 Å². The van der Waals surface area contributed by atoms with Gasteiger partial charge in [-0.2, -0.15) is 0 Å². The summed E-state index contributed by atoms with van der Waals surface area (Å²) in [4.78, 5) is 4.58. The van der Waals surface area contributed by atoms with Gasteiger partial charge >= 0.3 is 0 Å². The molecule has 1 aromatic heterocycles. The molecule has 0 atom stereocenters. The van der Waals surface area contributed by atoms with Gasteiger partial charge in [0.15, 0.2) is 16.6 Å². The van der Waals surface area contributed by atoms with Crippen LogP contribution in [0.3, 0.4) is 0 Å². The molecule has 3 aromatic rings. The molecule has 0 radical (unpaired) electrons. The van der Waals surface area contributed by atoms with Gasteiger partial charge in [0.25, 0.3) is 0 Å². The average Bonchev–Trinajstić information content (AvgIpc) is 3.10. The molecular formula is C20H23N3O2S2. The Morgan fingerprint density at radius 3 is 2.67 bits per heavy atom. The van der Waals surface area contributed by atoms with E-state index in [0.717, 1.165) is 52.7 Å². The summed E-state index contributed by atoms with van der Waals surface area (Å²) in [7, 11) is 3.28. The maximum absolute atomic E-state index is 5.41. The van der Waals surface area contributed by atoms with Crippen LogP contribution in [0.1, 0.15) is 17.5 Å². The van der Waals surface area contributed by atoms with Crippen molar-refractivity contribution in [3.8, 4) is 11.5 Å². The van der Waals surface area contributed by atoms with Crippen molar-refractivity contribution in [1.82, 2.24) is 10.3 Å².